The predicted octanol–water partition coefficient (Wildman–Crippen LogP) is 1.53. The van der Waals surface area contributed by atoms with Gasteiger partial charge in [-0.2, -0.15) is 9.97 Å². The van der Waals surface area contributed by atoms with Crippen LogP contribution in [0, 0.1) is 10.8 Å². The summed E-state index contributed by atoms with van der Waals surface area (Å²) in [6.07, 6.45) is 1.38. The maximum absolute atomic E-state index is 5.06. The molecule has 0 aliphatic carbocycles. The molecule has 0 radical (unpaired) electrons. The molecule has 2 aromatic heterocycles. The van der Waals surface area contributed by atoms with Crippen LogP contribution in [0.2, 0.25) is 0 Å². The zero-order valence-corrected chi connectivity index (χ0v) is 7.86. The molecular weight excluding hydrogens is 257 g/mol. The maximum atomic E-state index is 5.06. The molecule has 5 heteroatoms. The molecule has 0 amide bonds. The average Bonchev–Trinajstić information content (AvgIpc) is 2.34. The van der Waals surface area contributed by atoms with Crippen molar-refractivity contribution < 1.29 is 4.42 Å². The third-order valence-corrected chi connectivity index (χ3v) is 1.82. The number of aryl methyl sites for hydroxylation is 1. The first-order chi connectivity index (χ1) is 5.27. The second-order valence-electron chi connectivity index (χ2n) is 2.08. The molecule has 2 rings (SSSR count). The standard InChI is InChI=1S/C6H4IN3O/c1-3-4-5(8-2-11-4)10-6(7)9-3/h2H,1H3. The lowest BCUT2D eigenvalue weighted by molar-refractivity contribution is 0.597. The van der Waals surface area contributed by atoms with Crippen molar-refractivity contribution in [3.05, 3.63) is 15.9 Å². The molecule has 0 unspecified atom stereocenters. The first kappa shape index (κ1) is 6.96. The van der Waals surface area contributed by atoms with Gasteiger partial charge in [-0.15, -0.1) is 0 Å². The molecule has 56 valence electrons. The second-order valence-corrected chi connectivity index (χ2v) is 3.05. The minimum atomic E-state index is 0.627. The lowest BCUT2D eigenvalue weighted by Crippen LogP contribution is -1.90. The molecule has 0 saturated heterocycles. The van der Waals surface area contributed by atoms with Crippen molar-refractivity contribution in [1.82, 2.24) is 15.0 Å². The monoisotopic (exact) mass is 261 g/mol. The van der Waals surface area contributed by atoms with Crippen molar-refractivity contribution in [3.63, 3.8) is 0 Å². The zero-order chi connectivity index (χ0) is 7.84. The number of aromatic nitrogens is 3. The molecule has 0 atom stereocenters. The first-order valence-corrected chi connectivity index (χ1v) is 4.08. The zero-order valence-electron chi connectivity index (χ0n) is 5.71. The summed E-state index contributed by atoms with van der Waals surface area (Å²) in [6.45, 7) is 1.87. The van der Waals surface area contributed by atoms with Gasteiger partial charge in [-0.3, -0.25) is 0 Å². The highest BCUT2D eigenvalue weighted by molar-refractivity contribution is 14.1. The van der Waals surface area contributed by atoms with E-state index in [1.807, 2.05) is 29.5 Å². The number of fused-ring (bicyclic) bond motifs is 1. The smallest absolute Gasteiger partial charge is 0.202 e. The molecule has 11 heavy (non-hydrogen) atoms. The SMILES string of the molecule is Cc1nc(I)nc2ncoc12. The molecule has 0 aliphatic rings. The number of nitrogens with zero attached hydrogens (tertiary/aromatic N) is 3. The normalized spacial score (nSPS) is 10.7. The van der Waals surface area contributed by atoms with Gasteiger partial charge in [0.1, 0.15) is 0 Å². The van der Waals surface area contributed by atoms with Crippen LogP contribution in [0.3, 0.4) is 0 Å². The van der Waals surface area contributed by atoms with Crippen molar-refractivity contribution in [1.29, 1.82) is 0 Å². The van der Waals surface area contributed by atoms with E-state index in [9.17, 15) is 0 Å². The highest BCUT2D eigenvalue weighted by atomic mass is 127. The van der Waals surface area contributed by atoms with Gasteiger partial charge in [0.2, 0.25) is 5.65 Å². The Kier molecular flexibility index (Phi) is 1.52. The van der Waals surface area contributed by atoms with E-state index in [1.54, 1.807) is 0 Å². The molecule has 0 spiro atoms. The Labute approximate surface area is 76.2 Å². The van der Waals surface area contributed by atoms with Crippen LogP contribution in [0.5, 0.6) is 0 Å². The number of rotatable bonds is 0. The first-order valence-electron chi connectivity index (χ1n) is 3.01. The van der Waals surface area contributed by atoms with Gasteiger partial charge in [-0.05, 0) is 6.92 Å². The van der Waals surface area contributed by atoms with E-state index in [2.05, 4.69) is 15.0 Å². The molecule has 4 nitrogen and oxygen atoms in total. The van der Waals surface area contributed by atoms with Gasteiger partial charge in [0.25, 0.3) is 0 Å². The van der Waals surface area contributed by atoms with E-state index in [-0.39, 0.29) is 0 Å². The fourth-order valence-electron chi connectivity index (χ4n) is 0.869. The van der Waals surface area contributed by atoms with Crippen LogP contribution in [0.1, 0.15) is 5.69 Å². The number of halogens is 1. The third-order valence-electron chi connectivity index (χ3n) is 1.34. The summed E-state index contributed by atoms with van der Waals surface area (Å²) in [7, 11) is 0. The van der Waals surface area contributed by atoms with Crippen LogP contribution >= 0.6 is 22.6 Å². The quantitative estimate of drug-likeness (QED) is 0.533. The van der Waals surface area contributed by atoms with E-state index >= 15 is 0 Å². The van der Waals surface area contributed by atoms with Gasteiger partial charge in [0.05, 0.1) is 5.69 Å². The van der Waals surface area contributed by atoms with Crippen LogP contribution in [-0.2, 0) is 0 Å². The van der Waals surface area contributed by atoms with E-state index in [0.29, 0.717) is 15.1 Å². The molecule has 0 saturated carbocycles. The second kappa shape index (κ2) is 2.40. The highest BCUT2D eigenvalue weighted by Crippen LogP contribution is 2.13. The van der Waals surface area contributed by atoms with Crippen molar-refractivity contribution >= 4 is 33.8 Å². The van der Waals surface area contributed by atoms with Crippen LogP contribution in [-0.4, -0.2) is 15.0 Å². The molecular formula is C6H4IN3O. The fourth-order valence-corrected chi connectivity index (χ4v) is 1.46. The minimum absolute atomic E-state index is 0.627. The average molecular weight is 261 g/mol. The highest BCUT2D eigenvalue weighted by Gasteiger charge is 2.05. The van der Waals surface area contributed by atoms with Gasteiger partial charge in [-0.25, -0.2) is 4.98 Å². The predicted molar refractivity (Wildman–Crippen MR) is 47.1 cm³/mol. The Morgan fingerprint density at radius 1 is 1.45 bits per heavy atom. The van der Waals surface area contributed by atoms with E-state index in [4.69, 9.17) is 4.42 Å². The van der Waals surface area contributed by atoms with Gasteiger partial charge >= 0.3 is 0 Å². The van der Waals surface area contributed by atoms with Crippen LogP contribution in [0.4, 0.5) is 0 Å². The van der Waals surface area contributed by atoms with Gasteiger partial charge in [0, 0.05) is 22.6 Å². The topological polar surface area (TPSA) is 51.8 Å². The Balaban J connectivity index is 2.91. The Morgan fingerprint density at radius 3 is 3.09 bits per heavy atom. The van der Waals surface area contributed by atoms with Crippen molar-refractivity contribution in [2.24, 2.45) is 0 Å². The summed E-state index contributed by atoms with van der Waals surface area (Å²) in [6, 6.07) is 0. The lowest BCUT2D eigenvalue weighted by atomic mass is 10.4. The van der Waals surface area contributed by atoms with Crippen molar-refractivity contribution in [3.8, 4) is 0 Å². The Bertz CT molecular complexity index is 398. The number of oxazole rings is 1. The molecule has 0 aromatic carbocycles. The van der Waals surface area contributed by atoms with Crippen LogP contribution in [0.25, 0.3) is 11.2 Å². The van der Waals surface area contributed by atoms with Gasteiger partial charge in [-0.1, -0.05) is 0 Å². The summed E-state index contributed by atoms with van der Waals surface area (Å²) in [5.41, 5.74) is 2.13. The number of hydrogen-bond acceptors (Lipinski definition) is 4. The van der Waals surface area contributed by atoms with Gasteiger partial charge < -0.3 is 4.42 Å². The van der Waals surface area contributed by atoms with E-state index in [1.165, 1.54) is 6.39 Å². The molecule has 0 aliphatic heterocycles. The molecule has 2 heterocycles. The van der Waals surface area contributed by atoms with Crippen molar-refractivity contribution in [2.75, 3.05) is 0 Å². The Hall–Kier alpha value is -0.720. The van der Waals surface area contributed by atoms with E-state index in [0.717, 1.165) is 5.69 Å². The summed E-state index contributed by atoms with van der Waals surface area (Å²) < 4.78 is 5.76. The molecule has 0 fully saturated rings. The molecule has 0 N–H and O–H groups in total. The number of hydrogen-bond donors (Lipinski definition) is 0. The van der Waals surface area contributed by atoms with Crippen molar-refractivity contribution in [2.45, 2.75) is 6.92 Å². The lowest BCUT2D eigenvalue weighted by Gasteiger charge is -1.91. The van der Waals surface area contributed by atoms with E-state index < -0.39 is 0 Å². The largest absolute Gasteiger partial charge is 0.440 e. The summed E-state index contributed by atoms with van der Waals surface area (Å²) >= 11 is 2.05. The molecule has 0 bridgehead atoms. The van der Waals surface area contributed by atoms with Crippen LogP contribution < -0.4 is 0 Å². The maximum Gasteiger partial charge on any atom is 0.202 e. The summed E-state index contributed by atoms with van der Waals surface area (Å²) in [4.78, 5) is 12.1. The van der Waals surface area contributed by atoms with Gasteiger partial charge in [0.15, 0.2) is 15.8 Å². The Morgan fingerprint density at radius 2 is 2.27 bits per heavy atom. The minimum Gasteiger partial charge on any atom is -0.440 e. The summed E-state index contributed by atoms with van der Waals surface area (Å²) in [5.74, 6) is 0. The molecule has 2 aromatic rings. The third kappa shape index (κ3) is 1.09. The van der Waals surface area contributed by atoms with Crippen LogP contribution in [0.15, 0.2) is 10.8 Å². The summed E-state index contributed by atoms with van der Waals surface area (Å²) in [5, 5.41) is 0. The fraction of sp³-hybridized carbons (Fsp3) is 0.167.